The van der Waals surface area contributed by atoms with E-state index in [1.54, 1.807) is 6.20 Å². The van der Waals surface area contributed by atoms with Crippen molar-refractivity contribution in [1.82, 2.24) is 19.9 Å². The number of nitrogens with zero attached hydrogens (tertiary/aromatic N) is 3. The Bertz CT molecular complexity index is 1970. The van der Waals surface area contributed by atoms with E-state index in [4.69, 9.17) is 21.3 Å². The molecule has 0 aliphatic heterocycles. The summed E-state index contributed by atoms with van der Waals surface area (Å²) in [6.45, 7) is 9.52. The fourth-order valence-electron chi connectivity index (χ4n) is 5.16. The second-order valence-electron chi connectivity index (χ2n) is 11.3. The van der Waals surface area contributed by atoms with E-state index in [0.29, 0.717) is 10.6 Å². The highest BCUT2D eigenvalue weighted by Gasteiger charge is 2.32. The minimum atomic E-state index is -1.17. The minimum Gasteiger partial charge on any atom is -0.479 e. The highest BCUT2D eigenvalue weighted by molar-refractivity contribution is 7.22. The first kappa shape index (κ1) is 28.0. The number of fused-ring (bicyclic) bond motifs is 2. The van der Waals surface area contributed by atoms with Gasteiger partial charge in [-0.2, -0.15) is 0 Å². The van der Waals surface area contributed by atoms with Gasteiger partial charge in [-0.3, -0.25) is 4.98 Å². The number of thiazole rings is 1. The molecule has 2 N–H and O–H groups in total. The normalized spacial score (nSPS) is 12.7. The molecule has 6 aromatic rings. The quantitative estimate of drug-likeness (QED) is 0.199. The number of carbonyl (C=O) groups is 1. The van der Waals surface area contributed by atoms with Gasteiger partial charge >= 0.3 is 5.97 Å². The SMILES string of the molecule is Cc1cc2nc(-c3ccnc(-c4cnc5[nH]cc(C)c5c4)c3)sc2c(-c2ccc(Cl)cc2)c1[C@H](OC(C)(C)C)C(=O)O. The number of benzene rings is 2. The molecule has 2 aromatic carbocycles. The van der Waals surface area contributed by atoms with E-state index in [0.717, 1.165) is 65.3 Å². The second-order valence-corrected chi connectivity index (χ2v) is 12.8. The van der Waals surface area contributed by atoms with Crippen molar-refractivity contribution < 1.29 is 14.6 Å². The Morgan fingerprint density at radius 3 is 2.48 bits per heavy atom. The van der Waals surface area contributed by atoms with Gasteiger partial charge in [0.25, 0.3) is 0 Å². The number of hydrogen-bond donors (Lipinski definition) is 2. The van der Waals surface area contributed by atoms with Crippen molar-refractivity contribution in [2.24, 2.45) is 0 Å². The average molecular weight is 597 g/mol. The lowest BCUT2D eigenvalue weighted by Crippen LogP contribution is -2.28. The summed E-state index contributed by atoms with van der Waals surface area (Å²) in [5.74, 6) is -1.05. The van der Waals surface area contributed by atoms with Crippen molar-refractivity contribution in [3.05, 3.63) is 88.8 Å². The summed E-state index contributed by atoms with van der Waals surface area (Å²) in [4.78, 5) is 30.0. The van der Waals surface area contributed by atoms with Crippen LogP contribution in [0.3, 0.4) is 0 Å². The van der Waals surface area contributed by atoms with Gasteiger partial charge in [0.2, 0.25) is 0 Å². The van der Waals surface area contributed by atoms with E-state index in [1.165, 1.54) is 11.3 Å². The molecule has 0 radical (unpaired) electrons. The summed E-state index contributed by atoms with van der Waals surface area (Å²) >= 11 is 7.75. The Morgan fingerprint density at radius 1 is 1.00 bits per heavy atom. The van der Waals surface area contributed by atoms with E-state index < -0.39 is 17.7 Å². The number of pyridine rings is 2. The number of hydrogen-bond acceptors (Lipinski definition) is 6. The Labute approximate surface area is 252 Å². The summed E-state index contributed by atoms with van der Waals surface area (Å²) in [6.07, 6.45) is 4.37. The number of aromatic nitrogens is 4. The number of ether oxygens (including phenoxy) is 1. The molecule has 0 saturated heterocycles. The van der Waals surface area contributed by atoms with Gasteiger partial charge < -0.3 is 14.8 Å². The van der Waals surface area contributed by atoms with Crippen LogP contribution in [0.25, 0.3) is 54.2 Å². The van der Waals surface area contributed by atoms with Crippen molar-refractivity contribution >= 4 is 50.2 Å². The Balaban J connectivity index is 1.53. The molecule has 212 valence electrons. The third-order valence-corrected chi connectivity index (χ3v) is 8.45. The largest absolute Gasteiger partial charge is 0.479 e. The van der Waals surface area contributed by atoms with Crippen LogP contribution in [0.15, 0.2) is 67.1 Å². The number of aryl methyl sites for hydroxylation is 2. The number of rotatable bonds is 6. The molecule has 0 aliphatic rings. The highest BCUT2D eigenvalue weighted by Crippen LogP contribution is 2.44. The van der Waals surface area contributed by atoms with Crippen LogP contribution >= 0.6 is 22.9 Å². The van der Waals surface area contributed by atoms with Crippen LogP contribution in [-0.2, 0) is 9.53 Å². The Morgan fingerprint density at radius 2 is 1.76 bits per heavy atom. The molecule has 0 fully saturated rings. The van der Waals surface area contributed by atoms with Crippen LogP contribution < -0.4 is 0 Å². The molecular formula is C33H29ClN4O3S. The maximum absolute atomic E-state index is 12.6. The monoisotopic (exact) mass is 596 g/mol. The van der Waals surface area contributed by atoms with Crippen molar-refractivity contribution in [2.75, 3.05) is 0 Å². The fraction of sp³-hybridized carbons (Fsp3) is 0.212. The maximum Gasteiger partial charge on any atom is 0.337 e. The lowest BCUT2D eigenvalue weighted by molar-refractivity contribution is -0.160. The number of H-pyrrole nitrogens is 1. The molecule has 0 unspecified atom stereocenters. The van der Waals surface area contributed by atoms with Crippen LogP contribution in [0.2, 0.25) is 5.02 Å². The number of carboxylic acids is 1. The zero-order chi connectivity index (χ0) is 29.8. The predicted molar refractivity (Wildman–Crippen MR) is 169 cm³/mol. The molecule has 9 heteroatoms. The number of aromatic amines is 1. The number of nitrogens with one attached hydrogen (secondary N) is 1. The number of carboxylic acid groups (broad SMARTS) is 1. The van der Waals surface area contributed by atoms with Gasteiger partial charge in [-0.25, -0.2) is 14.8 Å². The van der Waals surface area contributed by atoms with Gasteiger partial charge in [-0.15, -0.1) is 11.3 Å². The molecular weight excluding hydrogens is 568 g/mol. The Kier molecular flexibility index (Phi) is 7.09. The van der Waals surface area contributed by atoms with Crippen LogP contribution in [-0.4, -0.2) is 36.6 Å². The summed E-state index contributed by atoms with van der Waals surface area (Å²) in [7, 11) is 0. The van der Waals surface area contributed by atoms with E-state index in [2.05, 4.69) is 21.0 Å². The first-order valence-corrected chi connectivity index (χ1v) is 14.7. The van der Waals surface area contributed by atoms with E-state index in [1.807, 2.05) is 89.5 Å². The van der Waals surface area contributed by atoms with Crippen molar-refractivity contribution in [2.45, 2.75) is 46.3 Å². The van der Waals surface area contributed by atoms with Gasteiger partial charge in [-0.1, -0.05) is 23.7 Å². The smallest absolute Gasteiger partial charge is 0.337 e. The molecule has 6 rings (SSSR count). The fourth-order valence-corrected chi connectivity index (χ4v) is 6.41. The third-order valence-electron chi connectivity index (χ3n) is 7.06. The summed E-state index contributed by atoms with van der Waals surface area (Å²) in [6, 6.07) is 15.4. The van der Waals surface area contributed by atoms with Crippen molar-refractivity contribution in [3.63, 3.8) is 0 Å². The van der Waals surface area contributed by atoms with Gasteiger partial charge in [-0.05, 0) is 87.7 Å². The van der Waals surface area contributed by atoms with E-state index in [-0.39, 0.29) is 0 Å². The van der Waals surface area contributed by atoms with E-state index >= 15 is 0 Å². The molecule has 0 spiro atoms. The molecule has 42 heavy (non-hydrogen) atoms. The van der Waals surface area contributed by atoms with Gasteiger partial charge in [0.15, 0.2) is 6.10 Å². The first-order chi connectivity index (χ1) is 20.0. The topological polar surface area (TPSA) is 101 Å². The molecule has 4 aromatic heterocycles. The zero-order valence-electron chi connectivity index (χ0n) is 23.8. The zero-order valence-corrected chi connectivity index (χ0v) is 25.4. The average Bonchev–Trinajstić information content (AvgIpc) is 3.54. The van der Waals surface area contributed by atoms with Crippen molar-refractivity contribution in [1.29, 1.82) is 0 Å². The molecule has 0 aliphatic carbocycles. The molecule has 0 saturated carbocycles. The van der Waals surface area contributed by atoms with Crippen LogP contribution in [0.5, 0.6) is 0 Å². The lowest BCUT2D eigenvalue weighted by atomic mass is 9.91. The van der Waals surface area contributed by atoms with Crippen LogP contribution in [0, 0.1) is 13.8 Å². The predicted octanol–water partition coefficient (Wildman–Crippen LogP) is 8.78. The highest BCUT2D eigenvalue weighted by atomic mass is 35.5. The molecule has 0 bridgehead atoms. The molecule has 1 atom stereocenters. The molecule has 4 heterocycles. The Hall–Kier alpha value is -4.11. The minimum absolute atomic E-state index is 0.599. The van der Waals surface area contributed by atoms with Gasteiger partial charge in [0.05, 0.1) is 21.5 Å². The van der Waals surface area contributed by atoms with Crippen LogP contribution in [0.1, 0.15) is 43.6 Å². The summed E-state index contributed by atoms with van der Waals surface area (Å²) in [5.41, 5.74) is 7.72. The number of aliphatic carboxylic acids is 1. The first-order valence-electron chi connectivity index (χ1n) is 13.5. The second kappa shape index (κ2) is 10.6. The molecule has 7 nitrogen and oxygen atoms in total. The summed E-state index contributed by atoms with van der Waals surface area (Å²) < 4.78 is 7.01. The van der Waals surface area contributed by atoms with Crippen molar-refractivity contribution in [3.8, 4) is 33.0 Å². The maximum atomic E-state index is 12.6. The van der Waals surface area contributed by atoms with Crippen LogP contribution in [0.4, 0.5) is 0 Å². The van der Waals surface area contributed by atoms with E-state index in [9.17, 15) is 9.90 Å². The molecule has 0 amide bonds. The number of halogens is 1. The van der Waals surface area contributed by atoms with Gasteiger partial charge in [0.1, 0.15) is 10.7 Å². The summed E-state index contributed by atoms with van der Waals surface area (Å²) in [5, 5.41) is 12.8. The standard InChI is InChI=1S/C33H29ClN4O3S/c1-17-12-25-29(27(19-6-8-22(34)9-7-19)26(17)28(32(39)40)41-33(3,4)5)42-31(38-25)20-10-11-35-24(14-20)21-13-23-18(2)15-36-30(23)37-16-21/h6-16,28H,1-5H3,(H,36,37)(H,39,40)/t28-/m0/s1. The lowest BCUT2D eigenvalue weighted by Gasteiger charge is -2.28. The third kappa shape index (κ3) is 5.29. The van der Waals surface area contributed by atoms with Gasteiger partial charge in [0, 0.05) is 51.3 Å².